The molecule has 2 atom stereocenters. The van der Waals surface area contributed by atoms with E-state index in [1.54, 1.807) is 0 Å². The van der Waals surface area contributed by atoms with Crippen molar-refractivity contribution in [3.63, 3.8) is 0 Å². The Morgan fingerprint density at radius 2 is 1.60 bits per heavy atom. The van der Waals surface area contributed by atoms with Crippen LogP contribution in [0, 0.1) is 0 Å². The minimum absolute atomic E-state index is 0.0152. The molecule has 3 aliphatic heterocycles. The molecule has 2 fully saturated rings. The molecule has 0 unspecified atom stereocenters. The van der Waals surface area contributed by atoms with Gasteiger partial charge >= 0.3 is 0 Å². The summed E-state index contributed by atoms with van der Waals surface area (Å²) < 4.78 is 12.7. The first-order valence-corrected chi connectivity index (χ1v) is 16.1. The fourth-order valence-corrected chi connectivity index (χ4v) is 7.46. The van der Waals surface area contributed by atoms with Crippen LogP contribution >= 0.6 is 0 Å². The van der Waals surface area contributed by atoms with Crippen LogP contribution in [0.15, 0.2) is 78.6 Å². The molecular weight excluding hydrogens is 536 g/mol. The minimum Gasteiger partial charge on any atom is -0.459 e. The third-order valence-corrected chi connectivity index (χ3v) is 9.85. The zero-order valence-corrected chi connectivity index (χ0v) is 24.9. The highest BCUT2D eigenvalue weighted by Gasteiger charge is 2.35. The van der Waals surface area contributed by atoms with Crippen LogP contribution in [0.2, 0.25) is 0 Å². The lowest BCUT2D eigenvalue weighted by molar-refractivity contribution is -0.157. The Hall–Kier alpha value is -3.45. The lowest BCUT2D eigenvalue weighted by atomic mass is 9.87. The van der Waals surface area contributed by atoms with E-state index in [9.17, 15) is 9.90 Å². The van der Waals surface area contributed by atoms with Crippen molar-refractivity contribution in [2.75, 3.05) is 26.2 Å². The Kier molecular flexibility index (Phi) is 8.33. The predicted molar refractivity (Wildman–Crippen MR) is 167 cm³/mol. The fourth-order valence-electron chi connectivity index (χ4n) is 7.46. The lowest BCUT2D eigenvalue weighted by Gasteiger charge is -2.40. The van der Waals surface area contributed by atoms with Crippen molar-refractivity contribution in [1.82, 2.24) is 9.80 Å². The van der Waals surface area contributed by atoms with Crippen molar-refractivity contribution in [2.24, 2.45) is 0 Å². The van der Waals surface area contributed by atoms with Crippen LogP contribution in [-0.2, 0) is 33.9 Å². The van der Waals surface area contributed by atoms with Crippen LogP contribution in [-0.4, -0.2) is 59.3 Å². The van der Waals surface area contributed by atoms with Crippen molar-refractivity contribution in [3.8, 4) is 11.1 Å². The van der Waals surface area contributed by atoms with Gasteiger partial charge in [-0.2, -0.15) is 0 Å². The molecule has 224 valence electrons. The van der Waals surface area contributed by atoms with Gasteiger partial charge in [0.2, 0.25) is 6.29 Å². The second-order valence-corrected chi connectivity index (χ2v) is 12.5. The third kappa shape index (κ3) is 6.01. The van der Waals surface area contributed by atoms with E-state index < -0.39 is 6.29 Å². The summed E-state index contributed by atoms with van der Waals surface area (Å²) in [5.41, 5.74) is 8.44. The average molecular weight is 579 g/mol. The van der Waals surface area contributed by atoms with Crippen molar-refractivity contribution in [2.45, 2.75) is 76.4 Å². The molecule has 3 aromatic carbocycles. The number of aliphatic hydroxyl groups is 1. The summed E-state index contributed by atoms with van der Waals surface area (Å²) in [6, 6.07) is 23.6. The Bertz CT molecular complexity index is 1470. The number of benzene rings is 3. The van der Waals surface area contributed by atoms with Crippen LogP contribution in [0.5, 0.6) is 0 Å². The van der Waals surface area contributed by atoms with Gasteiger partial charge in [-0.3, -0.25) is 4.79 Å². The number of allylic oxidation sites excluding steroid dienone is 1. The summed E-state index contributed by atoms with van der Waals surface area (Å²) in [6.07, 6.45) is 9.07. The number of carbonyl (C=O) groups excluding carboxylic acids is 1. The smallest absolute Gasteiger partial charge is 0.288 e. The molecule has 1 N–H and O–H groups in total. The molecule has 0 aromatic heterocycles. The van der Waals surface area contributed by atoms with Crippen LogP contribution in [0.25, 0.3) is 11.1 Å². The minimum atomic E-state index is -0.531. The van der Waals surface area contributed by atoms with Crippen molar-refractivity contribution < 1.29 is 19.4 Å². The van der Waals surface area contributed by atoms with Gasteiger partial charge < -0.3 is 24.4 Å². The number of piperidine rings is 2. The average Bonchev–Trinajstić information content (AvgIpc) is 3.46. The molecule has 6 heteroatoms. The van der Waals surface area contributed by atoms with Gasteiger partial charge in [0.05, 0.1) is 13.2 Å². The molecule has 7 rings (SSSR count). The second kappa shape index (κ2) is 12.7. The molecule has 3 heterocycles. The fraction of sp³-hybridized carbons (Fsp3) is 0.432. The van der Waals surface area contributed by atoms with Gasteiger partial charge in [0, 0.05) is 31.5 Å². The van der Waals surface area contributed by atoms with E-state index in [0.29, 0.717) is 24.8 Å². The topological polar surface area (TPSA) is 62.2 Å². The number of amides is 1. The monoisotopic (exact) mass is 578 g/mol. The molecule has 4 aliphatic rings. The molecule has 0 spiro atoms. The molecule has 43 heavy (non-hydrogen) atoms. The number of aliphatic hydroxyl groups excluding tert-OH is 1. The molecule has 1 aliphatic carbocycles. The molecule has 1 amide bonds. The summed E-state index contributed by atoms with van der Waals surface area (Å²) in [5, 5.41) is 9.40. The van der Waals surface area contributed by atoms with E-state index >= 15 is 0 Å². The van der Waals surface area contributed by atoms with Crippen LogP contribution < -0.4 is 0 Å². The highest BCUT2D eigenvalue weighted by Crippen LogP contribution is 2.43. The van der Waals surface area contributed by atoms with Gasteiger partial charge in [-0.1, -0.05) is 73.2 Å². The molecular formula is C37H42N2O4. The normalized spacial score (nSPS) is 22.4. The first-order chi connectivity index (χ1) is 21.2. The van der Waals surface area contributed by atoms with E-state index in [2.05, 4.69) is 53.4 Å². The van der Waals surface area contributed by atoms with Gasteiger partial charge in [-0.15, -0.1) is 0 Å². The number of hydrogen-bond donors (Lipinski definition) is 1. The zero-order chi connectivity index (χ0) is 29.2. The Morgan fingerprint density at radius 1 is 0.860 bits per heavy atom. The summed E-state index contributed by atoms with van der Waals surface area (Å²) in [4.78, 5) is 18.6. The van der Waals surface area contributed by atoms with Crippen molar-refractivity contribution >= 4 is 5.91 Å². The summed E-state index contributed by atoms with van der Waals surface area (Å²) in [6.45, 7) is 4.33. The Morgan fingerprint density at radius 3 is 2.40 bits per heavy atom. The first-order valence-electron chi connectivity index (χ1n) is 16.1. The Balaban J connectivity index is 1.11. The van der Waals surface area contributed by atoms with Gasteiger partial charge in [0.15, 0.2) is 5.76 Å². The Labute approximate surface area is 254 Å². The quantitative estimate of drug-likeness (QED) is 0.285. The molecule has 6 nitrogen and oxygen atoms in total. The summed E-state index contributed by atoms with van der Waals surface area (Å²) in [7, 11) is 0. The van der Waals surface area contributed by atoms with E-state index in [4.69, 9.17) is 9.47 Å². The largest absolute Gasteiger partial charge is 0.459 e. The number of fused-ring (bicyclic) bond motifs is 3. The maximum atomic E-state index is 14.0. The molecule has 0 saturated carbocycles. The van der Waals surface area contributed by atoms with Gasteiger partial charge in [0.1, 0.15) is 0 Å². The SMILES string of the molecule is O=C(C1=C[C@H](c2cccc3c2Cc2ccccc2-3)C[C@H](OCc2ccc(CO)cc2)O1)N1CCC(N2CCCCC2)CC1. The second-order valence-electron chi connectivity index (χ2n) is 12.5. The van der Waals surface area contributed by atoms with E-state index in [0.717, 1.165) is 43.5 Å². The number of ether oxygens (including phenoxy) is 2. The van der Waals surface area contributed by atoms with Crippen molar-refractivity contribution in [1.29, 1.82) is 0 Å². The molecule has 3 aromatic rings. The van der Waals surface area contributed by atoms with E-state index in [1.165, 1.54) is 60.2 Å². The van der Waals surface area contributed by atoms with Crippen LogP contribution in [0.4, 0.5) is 0 Å². The van der Waals surface area contributed by atoms with Gasteiger partial charge in [-0.05, 0) is 90.2 Å². The molecule has 2 saturated heterocycles. The number of carbonyl (C=O) groups is 1. The number of rotatable bonds is 7. The summed E-state index contributed by atoms with van der Waals surface area (Å²) >= 11 is 0. The number of likely N-dealkylation sites (tertiary alicyclic amines) is 2. The van der Waals surface area contributed by atoms with Crippen LogP contribution in [0.3, 0.4) is 0 Å². The molecule has 0 bridgehead atoms. The summed E-state index contributed by atoms with van der Waals surface area (Å²) in [5.74, 6) is 0.421. The number of nitrogens with zero attached hydrogens (tertiary/aromatic N) is 2. The first kappa shape index (κ1) is 28.3. The van der Waals surface area contributed by atoms with Crippen molar-refractivity contribution in [3.05, 3.63) is 106 Å². The van der Waals surface area contributed by atoms with E-state index in [1.807, 2.05) is 29.2 Å². The zero-order valence-electron chi connectivity index (χ0n) is 24.9. The predicted octanol–water partition coefficient (Wildman–Crippen LogP) is 6.16. The highest BCUT2D eigenvalue weighted by atomic mass is 16.7. The van der Waals surface area contributed by atoms with Crippen LogP contribution in [0.1, 0.15) is 72.3 Å². The number of hydrogen-bond acceptors (Lipinski definition) is 5. The maximum absolute atomic E-state index is 14.0. The standard InChI is InChI=1S/C37H42N2O4/c40-24-26-11-13-27(14-12-26)25-42-36-23-29(32-9-6-10-33-31-8-3-2-7-28(31)21-34(32)33)22-35(43-36)37(41)39-19-15-30(16-20-39)38-17-4-1-5-18-38/h2-3,6-14,22,29-30,36,40H,1,4-5,15-21,23-25H2/t29-,36+/m0/s1. The van der Waals surface area contributed by atoms with Gasteiger partial charge in [0.25, 0.3) is 5.91 Å². The molecule has 0 radical (unpaired) electrons. The van der Waals surface area contributed by atoms with E-state index in [-0.39, 0.29) is 18.4 Å². The maximum Gasteiger partial charge on any atom is 0.288 e. The highest BCUT2D eigenvalue weighted by molar-refractivity contribution is 5.92. The van der Waals surface area contributed by atoms with Gasteiger partial charge in [-0.25, -0.2) is 0 Å². The third-order valence-electron chi connectivity index (χ3n) is 9.85. The lowest BCUT2D eigenvalue weighted by Crippen LogP contribution is -2.49.